The molecule has 5 rings (SSSR count). The first-order chi connectivity index (χ1) is 15.2. The van der Waals surface area contributed by atoms with Gasteiger partial charge >= 0.3 is 0 Å². The van der Waals surface area contributed by atoms with Gasteiger partial charge in [-0.05, 0) is 23.8 Å². The van der Waals surface area contributed by atoms with Crippen molar-refractivity contribution in [3.63, 3.8) is 0 Å². The summed E-state index contributed by atoms with van der Waals surface area (Å²) < 4.78 is 15.1. The molecule has 8 nitrogen and oxygen atoms in total. The maximum absolute atomic E-state index is 13.6. The standard InChI is InChI=1S/C22H20FN7O/c23-17-7-4-8-18(14-17)30-22-20(26-27-30)21(24-15-25-22)29-11-9-28(10-12-29)19(31)13-16-5-2-1-3-6-16/h1-8,14-15H,9-13H2. The number of fused-ring (bicyclic) bond motifs is 1. The van der Waals surface area contributed by atoms with Crippen LogP contribution in [0.5, 0.6) is 0 Å². The van der Waals surface area contributed by atoms with Crippen LogP contribution in [0, 0.1) is 5.82 Å². The molecule has 0 bridgehead atoms. The first-order valence-corrected chi connectivity index (χ1v) is 10.1. The lowest BCUT2D eigenvalue weighted by atomic mass is 10.1. The van der Waals surface area contributed by atoms with Crippen molar-refractivity contribution < 1.29 is 9.18 Å². The van der Waals surface area contributed by atoms with E-state index in [1.807, 2.05) is 35.2 Å². The molecule has 31 heavy (non-hydrogen) atoms. The summed E-state index contributed by atoms with van der Waals surface area (Å²) >= 11 is 0. The predicted octanol–water partition coefficient (Wildman–Crippen LogP) is 2.24. The van der Waals surface area contributed by atoms with Crippen molar-refractivity contribution in [2.75, 3.05) is 31.1 Å². The Morgan fingerprint density at radius 2 is 1.77 bits per heavy atom. The minimum absolute atomic E-state index is 0.121. The van der Waals surface area contributed by atoms with Crippen molar-refractivity contribution in [1.29, 1.82) is 0 Å². The average molecular weight is 417 g/mol. The van der Waals surface area contributed by atoms with Crippen LogP contribution >= 0.6 is 0 Å². The smallest absolute Gasteiger partial charge is 0.227 e. The number of halogens is 1. The molecule has 1 aliphatic rings. The highest BCUT2D eigenvalue weighted by Gasteiger charge is 2.25. The number of piperazine rings is 1. The molecular weight excluding hydrogens is 397 g/mol. The molecule has 0 unspecified atom stereocenters. The van der Waals surface area contributed by atoms with Crippen molar-refractivity contribution in [2.45, 2.75) is 6.42 Å². The maximum atomic E-state index is 13.6. The number of amides is 1. The Morgan fingerprint density at radius 1 is 0.968 bits per heavy atom. The zero-order valence-electron chi connectivity index (χ0n) is 16.7. The Balaban J connectivity index is 1.33. The van der Waals surface area contributed by atoms with E-state index in [1.165, 1.54) is 23.1 Å². The van der Waals surface area contributed by atoms with E-state index < -0.39 is 0 Å². The fraction of sp³-hybridized carbons (Fsp3) is 0.227. The monoisotopic (exact) mass is 417 g/mol. The molecule has 1 aliphatic heterocycles. The SMILES string of the molecule is O=C(Cc1ccccc1)N1CCN(c2ncnc3c2nnn3-c2cccc(F)c2)CC1. The predicted molar refractivity (Wildman–Crippen MR) is 113 cm³/mol. The molecule has 2 aromatic carbocycles. The second-order valence-corrected chi connectivity index (χ2v) is 7.38. The minimum Gasteiger partial charge on any atom is -0.351 e. The molecular formula is C22H20FN7O. The third kappa shape index (κ3) is 3.81. The molecule has 0 saturated carbocycles. The molecule has 0 aliphatic carbocycles. The van der Waals surface area contributed by atoms with Gasteiger partial charge < -0.3 is 9.80 Å². The second kappa shape index (κ2) is 8.10. The summed E-state index contributed by atoms with van der Waals surface area (Å²) in [6.45, 7) is 2.49. The van der Waals surface area contributed by atoms with Gasteiger partial charge in [0.1, 0.15) is 12.1 Å². The van der Waals surface area contributed by atoms with E-state index in [9.17, 15) is 9.18 Å². The number of nitrogens with zero attached hydrogens (tertiary/aromatic N) is 7. The topological polar surface area (TPSA) is 80.0 Å². The van der Waals surface area contributed by atoms with Gasteiger partial charge in [-0.1, -0.05) is 41.6 Å². The van der Waals surface area contributed by atoms with Gasteiger partial charge in [0.15, 0.2) is 17.0 Å². The normalized spacial score (nSPS) is 14.2. The Kier molecular flexibility index (Phi) is 4.99. The maximum Gasteiger partial charge on any atom is 0.227 e. The van der Waals surface area contributed by atoms with Crippen LogP contribution in [0.1, 0.15) is 5.56 Å². The van der Waals surface area contributed by atoms with Crippen LogP contribution in [0.15, 0.2) is 60.9 Å². The number of carbonyl (C=O) groups is 1. The number of hydrogen-bond acceptors (Lipinski definition) is 6. The van der Waals surface area contributed by atoms with E-state index >= 15 is 0 Å². The summed E-state index contributed by atoms with van der Waals surface area (Å²) in [4.78, 5) is 25.3. The van der Waals surface area contributed by atoms with Crippen LogP contribution in [0.3, 0.4) is 0 Å². The van der Waals surface area contributed by atoms with Crippen LogP contribution in [0.2, 0.25) is 0 Å². The number of carbonyl (C=O) groups excluding carboxylic acids is 1. The van der Waals surface area contributed by atoms with Crippen LogP contribution in [-0.2, 0) is 11.2 Å². The Morgan fingerprint density at radius 3 is 2.55 bits per heavy atom. The van der Waals surface area contributed by atoms with E-state index in [0.29, 0.717) is 55.3 Å². The van der Waals surface area contributed by atoms with E-state index in [0.717, 1.165) is 5.56 Å². The lowest BCUT2D eigenvalue weighted by Gasteiger charge is -2.35. The first kappa shape index (κ1) is 19.1. The zero-order valence-corrected chi connectivity index (χ0v) is 16.7. The van der Waals surface area contributed by atoms with Gasteiger partial charge in [0.25, 0.3) is 0 Å². The Hall–Kier alpha value is -3.88. The van der Waals surface area contributed by atoms with Crippen molar-refractivity contribution in [1.82, 2.24) is 29.9 Å². The number of hydrogen-bond donors (Lipinski definition) is 0. The fourth-order valence-electron chi connectivity index (χ4n) is 3.80. The van der Waals surface area contributed by atoms with Gasteiger partial charge in [-0.3, -0.25) is 4.79 Å². The fourth-order valence-corrected chi connectivity index (χ4v) is 3.80. The molecule has 9 heteroatoms. The molecule has 0 radical (unpaired) electrons. The minimum atomic E-state index is -0.355. The molecule has 1 saturated heterocycles. The number of rotatable bonds is 4. The molecule has 0 spiro atoms. The molecule has 0 atom stereocenters. The van der Waals surface area contributed by atoms with Crippen LogP contribution < -0.4 is 4.90 Å². The number of aromatic nitrogens is 5. The van der Waals surface area contributed by atoms with Gasteiger partial charge in [-0.2, -0.15) is 4.68 Å². The molecule has 0 N–H and O–H groups in total. The van der Waals surface area contributed by atoms with E-state index in [1.54, 1.807) is 12.1 Å². The van der Waals surface area contributed by atoms with Gasteiger partial charge in [0.05, 0.1) is 12.1 Å². The quantitative estimate of drug-likeness (QED) is 0.507. The van der Waals surface area contributed by atoms with Gasteiger partial charge in [0.2, 0.25) is 5.91 Å². The van der Waals surface area contributed by atoms with E-state index in [-0.39, 0.29) is 11.7 Å². The molecule has 1 amide bonds. The number of benzene rings is 2. The summed E-state index contributed by atoms with van der Waals surface area (Å²) in [5, 5.41) is 8.41. The molecule has 156 valence electrons. The van der Waals surface area contributed by atoms with Gasteiger partial charge in [-0.25, -0.2) is 14.4 Å². The highest BCUT2D eigenvalue weighted by Crippen LogP contribution is 2.24. The van der Waals surface area contributed by atoms with Crippen molar-refractivity contribution in [2.24, 2.45) is 0 Å². The van der Waals surface area contributed by atoms with Crippen molar-refractivity contribution >= 4 is 22.9 Å². The summed E-state index contributed by atoms with van der Waals surface area (Å²) in [5.74, 6) is 0.435. The first-order valence-electron chi connectivity index (χ1n) is 10.1. The van der Waals surface area contributed by atoms with Crippen molar-refractivity contribution in [3.05, 3.63) is 72.3 Å². The molecule has 4 aromatic rings. The summed E-state index contributed by atoms with van der Waals surface area (Å²) in [5.41, 5.74) is 2.62. The highest BCUT2D eigenvalue weighted by molar-refractivity contribution is 5.84. The number of anilines is 1. The van der Waals surface area contributed by atoms with Crippen LogP contribution in [0.25, 0.3) is 16.9 Å². The zero-order chi connectivity index (χ0) is 21.2. The third-order valence-corrected chi connectivity index (χ3v) is 5.40. The average Bonchev–Trinajstić information content (AvgIpc) is 3.24. The molecule has 1 fully saturated rings. The Bertz CT molecular complexity index is 1220. The van der Waals surface area contributed by atoms with Crippen molar-refractivity contribution in [3.8, 4) is 5.69 Å². The van der Waals surface area contributed by atoms with Crippen LogP contribution in [-0.4, -0.2) is 61.9 Å². The van der Waals surface area contributed by atoms with Gasteiger partial charge in [0, 0.05) is 26.2 Å². The van der Waals surface area contributed by atoms with E-state index in [2.05, 4.69) is 25.2 Å². The third-order valence-electron chi connectivity index (χ3n) is 5.40. The lowest BCUT2D eigenvalue weighted by Crippen LogP contribution is -2.49. The summed E-state index contributed by atoms with van der Waals surface area (Å²) in [6.07, 6.45) is 1.87. The van der Waals surface area contributed by atoms with Gasteiger partial charge in [-0.15, -0.1) is 5.10 Å². The largest absolute Gasteiger partial charge is 0.351 e. The molecule has 2 aromatic heterocycles. The summed E-state index contributed by atoms with van der Waals surface area (Å²) in [6, 6.07) is 15.9. The van der Waals surface area contributed by atoms with Crippen LogP contribution in [0.4, 0.5) is 10.2 Å². The summed E-state index contributed by atoms with van der Waals surface area (Å²) in [7, 11) is 0. The Labute approximate surface area is 177 Å². The lowest BCUT2D eigenvalue weighted by molar-refractivity contribution is -0.130. The second-order valence-electron chi connectivity index (χ2n) is 7.38. The molecule has 3 heterocycles. The van der Waals surface area contributed by atoms with E-state index in [4.69, 9.17) is 0 Å². The highest BCUT2D eigenvalue weighted by atomic mass is 19.1.